The molecule has 0 radical (unpaired) electrons. The Morgan fingerprint density at radius 1 is 1.04 bits per heavy atom. The third kappa shape index (κ3) is 3.60. The van der Waals surface area contributed by atoms with E-state index in [1.54, 1.807) is 4.90 Å². The van der Waals surface area contributed by atoms with Crippen LogP contribution in [0.25, 0.3) is 10.8 Å². The molecule has 1 heterocycles. The Kier molecular flexibility index (Phi) is 4.81. The molecule has 0 saturated carbocycles. The summed E-state index contributed by atoms with van der Waals surface area (Å²) in [5.41, 5.74) is 0.932. The van der Waals surface area contributed by atoms with Crippen molar-refractivity contribution in [2.45, 2.75) is 42.7 Å². The van der Waals surface area contributed by atoms with Crippen molar-refractivity contribution in [2.24, 2.45) is 0 Å². The largest absolute Gasteiger partial charge is 0.443 e. The summed E-state index contributed by atoms with van der Waals surface area (Å²) in [6.45, 7) is 5.53. The average Bonchev–Trinajstić information content (AvgIpc) is 3.05. The van der Waals surface area contributed by atoms with Gasteiger partial charge in [-0.2, -0.15) is 0 Å². The number of hydrogen-bond acceptors (Lipinski definition) is 4. The lowest BCUT2D eigenvalue weighted by Crippen LogP contribution is -2.42. The van der Waals surface area contributed by atoms with Crippen LogP contribution in [-0.4, -0.2) is 22.2 Å². The second-order valence-corrected chi connectivity index (χ2v) is 9.04. The zero-order chi connectivity index (χ0) is 19.9. The molecule has 28 heavy (non-hydrogen) atoms. The Hall–Kier alpha value is -2.50. The third-order valence-corrected chi connectivity index (χ3v) is 5.91. The first-order chi connectivity index (χ1) is 13.3. The molecule has 4 rings (SSSR count). The van der Waals surface area contributed by atoms with E-state index in [1.807, 2.05) is 87.5 Å². The molecule has 144 valence electrons. The fraction of sp³-hybridized carbons (Fsp3) is 0.261. The quantitative estimate of drug-likeness (QED) is 0.602. The number of amides is 1. The van der Waals surface area contributed by atoms with Gasteiger partial charge in [-0.05, 0) is 55.3 Å². The number of aliphatic hydroxyl groups is 1. The Labute approximate surface area is 169 Å². The predicted molar refractivity (Wildman–Crippen MR) is 114 cm³/mol. The van der Waals surface area contributed by atoms with Crippen LogP contribution in [0.1, 0.15) is 32.4 Å². The lowest BCUT2D eigenvalue weighted by Gasteiger charge is -2.31. The molecule has 3 aromatic rings. The van der Waals surface area contributed by atoms with Gasteiger partial charge in [0.25, 0.3) is 0 Å². The number of hydrogen-bond donors (Lipinski definition) is 1. The summed E-state index contributed by atoms with van der Waals surface area (Å²) in [4.78, 5) is 15.5. The molecule has 0 fully saturated rings. The Bertz CT molecular complexity index is 1030. The molecule has 2 atom stereocenters. The zero-order valence-electron chi connectivity index (χ0n) is 16.1. The molecule has 0 spiro atoms. The van der Waals surface area contributed by atoms with Gasteiger partial charge in [0.1, 0.15) is 17.1 Å². The lowest BCUT2D eigenvalue weighted by atomic mass is 10.0. The summed E-state index contributed by atoms with van der Waals surface area (Å²) < 4.78 is 5.63. The molecular formula is C23H23NO3S. The Balaban J connectivity index is 1.70. The monoisotopic (exact) mass is 393 g/mol. The van der Waals surface area contributed by atoms with Gasteiger partial charge in [0.05, 0.1) is 5.69 Å². The van der Waals surface area contributed by atoms with E-state index in [-0.39, 0.29) is 0 Å². The Morgan fingerprint density at radius 3 is 2.46 bits per heavy atom. The third-order valence-electron chi connectivity index (χ3n) is 4.60. The van der Waals surface area contributed by atoms with E-state index in [9.17, 15) is 9.90 Å². The minimum atomic E-state index is -0.852. The number of para-hydroxylation sites is 1. The zero-order valence-corrected chi connectivity index (χ0v) is 16.9. The van der Waals surface area contributed by atoms with Crippen molar-refractivity contribution in [3.05, 3.63) is 72.3 Å². The molecule has 1 N–H and O–H groups in total. The number of carbonyl (C=O) groups is 1. The van der Waals surface area contributed by atoms with E-state index in [2.05, 4.69) is 0 Å². The van der Waals surface area contributed by atoms with Gasteiger partial charge >= 0.3 is 6.09 Å². The van der Waals surface area contributed by atoms with Crippen LogP contribution in [0, 0.1) is 0 Å². The van der Waals surface area contributed by atoms with Gasteiger partial charge in [-0.3, -0.25) is 4.90 Å². The molecule has 0 aliphatic carbocycles. The number of fused-ring (bicyclic) bond motifs is 2. The maximum Gasteiger partial charge on any atom is 0.415 e. The van der Waals surface area contributed by atoms with Crippen molar-refractivity contribution >= 4 is 34.3 Å². The highest BCUT2D eigenvalue weighted by Crippen LogP contribution is 2.48. The van der Waals surface area contributed by atoms with Crippen molar-refractivity contribution in [3.8, 4) is 0 Å². The van der Waals surface area contributed by atoms with Crippen molar-refractivity contribution in [3.63, 3.8) is 0 Å². The van der Waals surface area contributed by atoms with Crippen molar-refractivity contribution < 1.29 is 14.6 Å². The summed E-state index contributed by atoms with van der Waals surface area (Å²) >= 11 is 1.48. The number of thioether (sulfide) groups is 1. The number of anilines is 1. The van der Waals surface area contributed by atoms with E-state index in [0.717, 1.165) is 26.9 Å². The summed E-state index contributed by atoms with van der Waals surface area (Å²) in [5, 5.41) is 12.9. The standard InChI is InChI=1S/C23H23NO3S/c1-23(2,3)27-22(26)24-18-10-6-7-11-19(18)28-21(24)20(25)17-13-12-15-8-4-5-9-16(15)14-17/h4-14,20-21,25H,1-3H3/t20-,21+/m0/s1. The molecule has 0 unspecified atom stereocenters. The molecule has 0 aromatic heterocycles. The van der Waals surface area contributed by atoms with Gasteiger partial charge in [0.2, 0.25) is 0 Å². The van der Waals surface area contributed by atoms with Crippen LogP contribution in [0.5, 0.6) is 0 Å². The highest BCUT2D eigenvalue weighted by Gasteiger charge is 2.41. The van der Waals surface area contributed by atoms with Crippen molar-refractivity contribution in [2.75, 3.05) is 4.90 Å². The van der Waals surface area contributed by atoms with Crippen LogP contribution in [-0.2, 0) is 4.74 Å². The van der Waals surface area contributed by atoms with Crippen LogP contribution in [0.15, 0.2) is 71.6 Å². The van der Waals surface area contributed by atoms with Gasteiger partial charge in [-0.1, -0.05) is 60.3 Å². The molecule has 3 aromatic carbocycles. The molecular weight excluding hydrogens is 370 g/mol. The van der Waals surface area contributed by atoms with E-state index < -0.39 is 23.2 Å². The maximum atomic E-state index is 13.0. The van der Waals surface area contributed by atoms with E-state index in [4.69, 9.17) is 4.74 Å². The van der Waals surface area contributed by atoms with Crippen molar-refractivity contribution in [1.82, 2.24) is 0 Å². The van der Waals surface area contributed by atoms with E-state index >= 15 is 0 Å². The number of nitrogens with zero attached hydrogens (tertiary/aromatic N) is 1. The fourth-order valence-electron chi connectivity index (χ4n) is 3.35. The van der Waals surface area contributed by atoms with Gasteiger partial charge in [-0.25, -0.2) is 4.79 Å². The minimum Gasteiger partial charge on any atom is -0.443 e. The number of rotatable bonds is 2. The van der Waals surface area contributed by atoms with Crippen molar-refractivity contribution in [1.29, 1.82) is 0 Å². The van der Waals surface area contributed by atoms with E-state index in [0.29, 0.717) is 0 Å². The van der Waals surface area contributed by atoms with Gasteiger partial charge < -0.3 is 9.84 Å². The topological polar surface area (TPSA) is 49.8 Å². The minimum absolute atomic E-state index is 0.449. The van der Waals surface area contributed by atoms with Crippen LogP contribution >= 0.6 is 11.8 Å². The number of aliphatic hydroxyl groups excluding tert-OH is 1. The molecule has 5 heteroatoms. The lowest BCUT2D eigenvalue weighted by molar-refractivity contribution is 0.0547. The first-order valence-corrected chi connectivity index (χ1v) is 10.2. The highest BCUT2D eigenvalue weighted by molar-refractivity contribution is 8.00. The summed E-state index contributed by atoms with van der Waals surface area (Å²) in [5.74, 6) is 0. The molecule has 1 amide bonds. The van der Waals surface area contributed by atoms with Crippen LogP contribution in [0.2, 0.25) is 0 Å². The average molecular weight is 394 g/mol. The second kappa shape index (κ2) is 7.15. The van der Waals surface area contributed by atoms with E-state index in [1.165, 1.54) is 11.8 Å². The summed E-state index contributed by atoms with van der Waals surface area (Å²) in [6.07, 6.45) is -1.30. The second-order valence-electron chi connectivity index (χ2n) is 7.88. The van der Waals surface area contributed by atoms with Gasteiger partial charge in [0, 0.05) is 4.90 Å². The summed E-state index contributed by atoms with van der Waals surface area (Å²) in [6, 6.07) is 21.6. The molecule has 1 aliphatic rings. The fourth-order valence-corrected chi connectivity index (χ4v) is 4.65. The van der Waals surface area contributed by atoms with Gasteiger partial charge in [0.15, 0.2) is 0 Å². The SMILES string of the molecule is CC(C)(C)OC(=O)N1c2ccccc2S[C@@H]1[C@@H](O)c1ccc2ccccc2c1. The molecule has 4 nitrogen and oxygen atoms in total. The smallest absolute Gasteiger partial charge is 0.415 e. The highest BCUT2D eigenvalue weighted by atomic mass is 32.2. The molecule has 0 bridgehead atoms. The first-order valence-electron chi connectivity index (χ1n) is 9.28. The Morgan fingerprint density at radius 2 is 1.71 bits per heavy atom. The normalized spacial score (nSPS) is 17.4. The van der Waals surface area contributed by atoms with Crippen LogP contribution in [0.4, 0.5) is 10.5 Å². The maximum absolute atomic E-state index is 13.0. The summed E-state index contributed by atoms with van der Waals surface area (Å²) in [7, 11) is 0. The number of carbonyl (C=O) groups excluding carboxylic acids is 1. The first kappa shape index (κ1) is 18.8. The molecule has 1 aliphatic heterocycles. The predicted octanol–water partition coefficient (Wildman–Crippen LogP) is 5.75. The molecule has 0 saturated heterocycles. The van der Waals surface area contributed by atoms with Crippen LogP contribution < -0.4 is 4.90 Å². The van der Waals surface area contributed by atoms with Crippen LogP contribution in [0.3, 0.4) is 0 Å². The number of benzene rings is 3. The number of ether oxygens (including phenoxy) is 1. The van der Waals surface area contributed by atoms with Gasteiger partial charge in [-0.15, -0.1) is 0 Å².